The Kier molecular flexibility index (Phi) is 13.4. The monoisotopic (exact) mass is 370 g/mol. The van der Waals surface area contributed by atoms with Crippen molar-refractivity contribution in [3.05, 3.63) is 34.4 Å². The van der Waals surface area contributed by atoms with Gasteiger partial charge in [0.05, 0.1) is 29.6 Å². The van der Waals surface area contributed by atoms with Gasteiger partial charge in [0.25, 0.3) is 5.69 Å². The minimum Gasteiger partial charge on any atom is -0.508 e. The Balaban J connectivity index is 0.000000496. The molecule has 0 radical (unpaired) electrons. The Morgan fingerprint density at radius 1 is 0.880 bits per heavy atom. The number of hydrogen-bond donors (Lipinski definition) is 1. The van der Waals surface area contributed by atoms with Gasteiger partial charge in [-0.25, -0.2) is 0 Å². The van der Waals surface area contributed by atoms with Crippen molar-refractivity contribution in [2.24, 2.45) is 0 Å². The fraction of sp³-hybridized carbons (Fsp3) is 0.700. The topological polar surface area (TPSA) is 63.4 Å². The molecule has 0 heterocycles. The molecule has 144 valence electrons. The number of non-ortho nitro benzene ring substituents is 1. The van der Waals surface area contributed by atoms with Gasteiger partial charge in [-0.1, -0.05) is 40.0 Å². The molecule has 0 aliphatic heterocycles. The first-order valence-electron chi connectivity index (χ1n) is 9.73. The van der Waals surface area contributed by atoms with E-state index in [2.05, 4.69) is 27.7 Å². The summed E-state index contributed by atoms with van der Waals surface area (Å²) in [5, 5.41) is 18.8. The summed E-state index contributed by atoms with van der Waals surface area (Å²) in [6, 6.07) is 5.04. The number of unbranched alkanes of at least 4 members (excludes halogenated alkanes) is 3. The van der Waals surface area contributed by atoms with Crippen LogP contribution in [-0.4, -0.2) is 34.7 Å². The minimum atomic E-state index is -0.527. The van der Waals surface area contributed by atoms with E-state index in [0.717, 1.165) is 0 Å². The van der Waals surface area contributed by atoms with E-state index in [1.807, 2.05) is 0 Å². The molecule has 0 aliphatic carbocycles. The molecule has 0 unspecified atom stereocenters. The molecule has 25 heavy (non-hydrogen) atoms. The second-order valence-electron chi connectivity index (χ2n) is 6.66. The lowest BCUT2D eigenvalue weighted by Gasteiger charge is -2.26. The highest BCUT2D eigenvalue weighted by Crippen LogP contribution is 2.60. The summed E-state index contributed by atoms with van der Waals surface area (Å²) >= 11 is 0. The van der Waals surface area contributed by atoms with E-state index in [9.17, 15) is 10.1 Å². The number of rotatable bonds is 11. The molecule has 0 saturated heterocycles. The second-order valence-corrected chi connectivity index (χ2v) is 11.3. The van der Waals surface area contributed by atoms with Gasteiger partial charge < -0.3 is 5.11 Å². The predicted molar refractivity (Wildman–Crippen MR) is 112 cm³/mol. The van der Waals surface area contributed by atoms with Gasteiger partial charge in [-0.2, -0.15) is 0 Å². The lowest BCUT2D eigenvalue weighted by Crippen LogP contribution is -2.11. The molecule has 4 nitrogen and oxygen atoms in total. The molecule has 0 amide bonds. The average molecular weight is 370 g/mol. The van der Waals surface area contributed by atoms with E-state index in [1.165, 1.54) is 69.0 Å². The average Bonchev–Trinajstić information content (AvgIpc) is 2.62. The molecule has 0 fully saturated rings. The van der Waals surface area contributed by atoms with E-state index in [-0.39, 0.29) is 11.4 Å². The molecule has 1 aromatic rings. The third-order valence-corrected chi connectivity index (χ3v) is 9.83. The third-order valence-electron chi connectivity index (χ3n) is 4.69. The van der Waals surface area contributed by atoms with Gasteiger partial charge in [-0.15, -0.1) is 0 Å². The van der Waals surface area contributed by atoms with Crippen LogP contribution in [0.3, 0.4) is 0 Å². The van der Waals surface area contributed by atoms with Crippen LogP contribution >= 0.6 is 7.26 Å². The molecule has 5 heteroatoms. The lowest BCUT2D eigenvalue weighted by molar-refractivity contribution is -0.384. The zero-order valence-corrected chi connectivity index (χ0v) is 17.4. The first-order chi connectivity index (χ1) is 11.9. The van der Waals surface area contributed by atoms with Crippen molar-refractivity contribution in [2.75, 3.05) is 24.6 Å². The predicted octanol–water partition coefficient (Wildman–Crippen LogP) is 6.72. The maximum absolute atomic E-state index is 10.0. The van der Waals surface area contributed by atoms with Gasteiger partial charge >= 0.3 is 0 Å². The molecule has 1 aromatic carbocycles. The molecule has 1 N–H and O–H groups in total. The number of hydrogen-bond acceptors (Lipinski definition) is 3. The molecule has 0 atom stereocenters. The van der Waals surface area contributed by atoms with Crippen LogP contribution in [-0.2, 0) is 0 Å². The summed E-state index contributed by atoms with van der Waals surface area (Å²) in [6.45, 7) is 9.46. The van der Waals surface area contributed by atoms with Crippen LogP contribution in [0.15, 0.2) is 24.3 Å². The second kappa shape index (κ2) is 14.1. The molecular weight excluding hydrogens is 333 g/mol. The first-order valence-corrected chi connectivity index (χ1v) is 12.3. The van der Waals surface area contributed by atoms with Crippen molar-refractivity contribution >= 4 is 12.9 Å². The van der Waals surface area contributed by atoms with Crippen LogP contribution in [0, 0.1) is 10.1 Å². The van der Waals surface area contributed by atoms with Crippen LogP contribution in [0.4, 0.5) is 5.69 Å². The number of phenols is 1. The van der Waals surface area contributed by atoms with E-state index >= 15 is 0 Å². The van der Waals surface area contributed by atoms with Crippen molar-refractivity contribution in [1.29, 1.82) is 0 Å². The zero-order chi connectivity index (χ0) is 19.1. The van der Waals surface area contributed by atoms with E-state index in [1.54, 1.807) is 18.5 Å². The van der Waals surface area contributed by atoms with Crippen LogP contribution in [0.1, 0.15) is 66.2 Å². The summed E-state index contributed by atoms with van der Waals surface area (Å²) in [5.74, 6) is 0.0330. The quantitative estimate of drug-likeness (QED) is 0.267. The van der Waals surface area contributed by atoms with Gasteiger partial charge in [0.1, 0.15) is 5.75 Å². The van der Waals surface area contributed by atoms with Gasteiger partial charge in [-0.05, 0) is 38.3 Å². The molecule has 0 saturated carbocycles. The van der Waals surface area contributed by atoms with Crippen LogP contribution < -0.4 is 0 Å². The smallest absolute Gasteiger partial charge is 0.269 e. The van der Waals surface area contributed by atoms with Crippen molar-refractivity contribution in [3.8, 4) is 5.75 Å². The number of phenolic OH excluding ortho intramolecular Hbond substituents is 1. The number of nitrogens with zero attached hydrogens (tertiary/aromatic N) is 1. The van der Waals surface area contributed by atoms with Gasteiger partial charge in [0.2, 0.25) is 0 Å². The summed E-state index contributed by atoms with van der Waals surface area (Å²) < 4.78 is 0. The molecule has 0 aromatic heterocycles. The largest absolute Gasteiger partial charge is 0.508 e. The SMILES string of the molecule is CCCC[P+](CC)(CCCC)CCCC.O=[N+]([O-])c1ccc(O)cc1. The maximum atomic E-state index is 10.0. The standard InChI is InChI=1S/C14H32P.C6H5NO3/c1-5-9-12-15(8-4,13-10-6-2)14-11-7-3;8-6-3-1-5(2-4-6)7(9)10/h5-14H2,1-4H3;1-4,8H/q+1;. The van der Waals surface area contributed by atoms with Crippen LogP contribution in [0.25, 0.3) is 0 Å². The molecule has 0 bridgehead atoms. The van der Waals surface area contributed by atoms with Crippen LogP contribution in [0.5, 0.6) is 5.75 Å². The third kappa shape index (κ3) is 10.4. The Bertz CT molecular complexity index is 441. The Hall–Kier alpha value is -1.15. The Labute approximate surface area is 154 Å². The zero-order valence-electron chi connectivity index (χ0n) is 16.5. The summed E-state index contributed by atoms with van der Waals surface area (Å²) in [4.78, 5) is 9.52. The van der Waals surface area contributed by atoms with Crippen molar-refractivity contribution in [3.63, 3.8) is 0 Å². The summed E-state index contributed by atoms with van der Waals surface area (Å²) in [5.41, 5.74) is -0.0159. The normalized spacial score (nSPS) is 10.9. The fourth-order valence-electron chi connectivity index (χ4n) is 2.86. The first kappa shape index (κ1) is 23.9. The molecule has 0 aliphatic rings. The van der Waals surface area contributed by atoms with Gasteiger partial charge in [-0.3, -0.25) is 10.1 Å². The number of benzene rings is 1. The molecular formula is C20H37NO3P+. The molecule has 1 rings (SSSR count). The minimum absolute atomic E-state index is 0.0159. The lowest BCUT2D eigenvalue weighted by atomic mass is 10.3. The summed E-state index contributed by atoms with van der Waals surface area (Å²) in [6.07, 6.45) is 14.9. The van der Waals surface area contributed by atoms with Crippen molar-refractivity contribution < 1.29 is 10.0 Å². The summed E-state index contributed by atoms with van der Waals surface area (Å²) in [7, 11) is -0.527. The Morgan fingerprint density at radius 3 is 1.56 bits per heavy atom. The Morgan fingerprint density at radius 2 is 1.28 bits per heavy atom. The van der Waals surface area contributed by atoms with Crippen molar-refractivity contribution in [1.82, 2.24) is 0 Å². The van der Waals surface area contributed by atoms with Gasteiger partial charge in [0, 0.05) is 19.4 Å². The maximum Gasteiger partial charge on any atom is 0.269 e. The highest BCUT2D eigenvalue weighted by atomic mass is 31.2. The fourth-order valence-corrected chi connectivity index (χ4v) is 7.45. The van der Waals surface area contributed by atoms with E-state index in [4.69, 9.17) is 5.11 Å². The molecule has 0 spiro atoms. The number of nitro benzene ring substituents is 1. The highest BCUT2D eigenvalue weighted by Gasteiger charge is 2.32. The highest BCUT2D eigenvalue weighted by molar-refractivity contribution is 7.75. The van der Waals surface area contributed by atoms with Gasteiger partial charge in [0.15, 0.2) is 0 Å². The number of nitro groups is 1. The van der Waals surface area contributed by atoms with E-state index in [0.29, 0.717) is 0 Å². The number of aromatic hydroxyl groups is 1. The van der Waals surface area contributed by atoms with E-state index < -0.39 is 12.2 Å². The van der Waals surface area contributed by atoms with Crippen molar-refractivity contribution in [2.45, 2.75) is 66.2 Å². The van der Waals surface area contributed by atoms with Crippen LogP contribution in [0.2, 0.25) is 0 Å².